The summed E-state index contributed by atoms with van der Waals surface area (Å²) >= 11 is 0. The number of anilines is 2. The lowest BCUT2D eigenvalue weighted by molar-refractivity contribution is -0.0503. The minimum Gasteiger partial charge on any atom is -0.387 e. The van der Waals surface area contributed by atoms with Crippen molar-refractivity contribution in [2.45, 2.75) is 50.7 Å². The minimum atomic E-state index is -5.76. The largest absolute Gasteiger partial charge is 0.490 e. The van der Waals surface area contributed by atoms with Crippen LogP contribution in [-0.4, -0.2) is 74.2 Å². The highest BCUT2D eigenvalue weighted by Gasteiger charge is 2.47. The van der Waals surface area contributed by atoms with E-state index < -0.39 is 60.2 Å². The van der Waals surface area contributed by atoms with Crippen molar-refractivity contribution in [3.05, 3.63) is 46.5 Å². The summed E-state index contributed by atoms with van der Waals surface area (Å²) in [6, 6.07) is 7.50. The van der Waals surface area contributed by atoms with Gasteiger partial charge in [-0.15, -0.1) is 0 Å². The molecule has 1 fully saturated rings. The number of phosphoric acid groups is 3. The van der Waals surface area contributed by atoms with Crippen LogP contribution in [0.3, 0.4) is 0 Å². The molecule has 2 aromatic heterocycles. The molecule has 0 aliphatic carbocycles. The van der Waals surface area contributed by atoms with Crippen molar-refractivity contribution in [3.8, 4) is 0 Å². The van der Waals surface area contributed by atoms with E-state index in [9.17, 15) is 38.5 Å². The first kappa shape index (κ1) is 32.6. The van der Waals surface area contributed by atoms with Crippen molar-refractivity contribution in [2.24, 2.45) is 0 Å². The molecule has 22 heteroatoms. The van der Waals surface area contributed by atoms with Crippen LogP contribution in [0.1, 0.15) is 31.6 Å². The van der Waals surface area contributed by atoms with Crippen molar-refractivity contribution >= 4 is 46.3 Å². The number of imidazole rings is 1. The van der Waals surface area contributed by atoms with E-state index in [4.69, 9.17) is 14.5 Å². The quantitative estimate of drug-likeness (QED) is 0.120. The summed E-state index contributed by atoms with van der Waals surface area (Å²) in [4.78, 5) is 59.6. The third-order valence-corrected chi connectivity index (χ3v) is 9.70. The highest BCUT2D eigenvalue weighted by Crippen LogP contribution is 2.66. The van der Waals surface area contributed by atoms with Crippen LogP contribution in [0.25, 0.3) is 11.2 Å². The van der Waals surface area contributed by atoms with Crippen LogP contribution in [0.4, 0.5) is 11.6 Å². The number of aliphatic hydroxyl groups excluding tert-OH is 2. The van der Waals surface area contributed by atoms with Crippen molar-refractivity contribution in [1.29, 1.82) is 0 Å². The first-order valence-electron chi connectivity index (χ1n) is 12.2. The van der Waals surface area contributed by atoms with Crippen LogP contribution in [0, 0.1) is 0 Å². The molecule has 42 heavy (non-hydrogen) atoms. The van der Waals surface area contributed by atoms with Crippen LogP contribution in [-0.2, 0) is 38.0 Å². The van der Waals surface area contributed by atoms with Gasteiger partial charge in [-0.25, -0.2) is 18.7 Å². The molecule has 2 unspecified atom stereocenters. The van der Waals surface area contributed by atoms with E-state index in [1.807, 2.05) is 24.3 Å². The molecule has 1 saturated heterocycles. The van der Waals surface area contributed by atoms with E-state index in [1.54, 1.807) is 0 Å². The second kappa shape index (κ2) is 12.7. The van der Waals surface area contributed by atoms with E-state index in [2.05, 4.69) is 40.3 Å². The summed E-state index contributed by atoms with van der Waals surface area (Å²) < 4.78 is 52.7. The molecule has 0 radical (unpaired) electrons. The molecule has 8 N–H and O–H groups in total. The van der Waals surface area contributed by atoms with Crippen molar-refractivity contribution in [1.82, 2.24) is 19.5 Å². The average molecular weight is 655 g/mol. The van der Waals surface area contributed by atoms with Crippen LogP contribution >= 0.6 is 23.5 Å². The zero-order chi connectivity index (χ0) is 30.9. The Hall–Kier alpha value is -2.34. The summed E-state index contributed by atoms with van der Waals surface area (Å²) in [5.74, 6) is 0.0350. The molecule has 1 aliphatic rings. The van der Waals surface area contributed by atoms with Crippen LogP contribution in [0.5, 0.6) is 0 Å². The molecule has 0 spiro atoms. The lowest BCUT2D eigenvalue weighted by Crippen LogP contribution is -2.33. The Labute approximate surface area is 236 Å². The molecule has 1 aliphatic heterocycles. The zero-order valence-electron chi connectivity index (χ0n) is 21.7. The van der Waals surface area contributed by atoms with Gasteiger partial charge in [-0.05, 0) is 30.5 Å². The Bertz CT molecular complexity index is 1610. The summed E-state index contributed by atoms with van der Waals surface area (Å²) in [6.07, 6.45) is -2.29. The molecule has 0 bridgehead atoms. The van der Waals surface area contributed by atoms with Gasteiger partial charge in [0, 0.05) is 5.69 Å². The van der Waals surface area contributed by atoms with Crippen molar-refractivity contribution < 1.29 is 61.4 Å². The molecule has 232 valence electrons. The Kier molecular flexibility index (Phi) is 9.86. The number of H-pyrrole nitrogens is 1. The molecular weight excluding hydrogens is 627 g/mol. The number of benzene rings is 1. The standard InChI is InChI=1S/C20H28N5O14P3/c1-2-3-4-11-5-7-12(8-6-11)22-20-23-17-14(18(28)24-20)21-10-25(17)19-16(27)15(26)13(37-19)9-36-41(32,33)39-42(34,35)38-40(29,30)31/h5-8,10,13,15-16,19,26-27H,2-4,9H2,1H3,(H,32,33)(H,34,35)(H2,29,30,31)(H2,22,23,24,28)/t13-,15-,16-,19-/m1/s1. The minimum absolute atomic E-state index is 0.0350. The van der Waals surface area contributed by atoms with Crippen molar-refractivity contribution in [2.75, 3.05) is 11.9 Å². The average Bonchev–Trinajstić information content (AvgIpc) is 3.41. The van der Waals surface area contributed by atoms with E-state index in [0.717, 1.165) is 35.7 Å². The van der Waals surface area contributed by atoms with E-state index >= 15 is 0 Å². The third-order valence-electron chi connectivity index (χ3n) is 5.90. The molecule has 1 aromatic carbocycles. The summed E-state index contributed by atoms with van der Waals surface area (Å²) in [5.41, 5.74) is 0.967. The molecule has 6 atom stereocenters. The predicted octanol–water partition coefficient (Wildman–Crippen LogP) is 1.17. The van der Waals surface area contributed by atoms with E-state index in [1.165, 1.54) is 0 Å². The van der Waals surface area contributed by atoms with E-state index in [-0.39, 0.29) is 17.1 Å². The Morgan fingerprint density at radius 2 is 1.74 bits per heavy atom. The molecule has 0 saturated carbocycles. The molecule has 4 rings (SSSR count). The van der Waals surface area contributed by atoms with Gasteiger partial charge in [0.25, 0.3) is 5.56 Å². The van der Waals surface area contributed by atoms with Crippen LogP contribution < -0.4 is 10.9 Å². The van der Waals surface area contributed by atoms with Gasteiger partial charge in [-0.1, -0.05) is 25.5 Å². The number of unbranched alkanes of at least 4 members (excludes halogenated alkanes) is 1. The number of phosphoric ester groups is 1. The summed E-state index contributed by atoms with van der Waals surface area (Å²) in [6.45, 7) is 1.08. The highest BCUT2D eigenvalue weighted by atomic mass is 31.3. The summed E-state index contributed by atoms with van der Waals surface area (Å²) in [7, 11) is -16.9. The first-order chi connectivity index (χ1) is 19.6. The maximum absolute atomic E-state index is 12.7. The Morgan fingerprint density at radius 3 is 2.38 bits per heavy atom. The highest BCUT2D eigenvalue weighted by molar-refractivity contribution is 7.66. The monoisotopic (exact) mass is 655 g/mol. The number of hydrogen-bond donors (Lipinski definition) is 8. The zero-order valence-corrected chi connectivity index (χ0v) is 24.3. The first-order valence-corrected chi connectivity index (χ1v) is 16.7. The number of fused-ring (bicyclic) bond motifs is 1. The fourth-order valence-corrected chi connectivity index (χ4v) is 7.04. The molecule has 19 nitrogen and oxygen atoms in total. The topological polar surface area (TPSA) is 285 Å². The van der Waals surface area contributed by atoms with Crippen LogP contribution in [0.2, 0.25) is 0 Å². The van der Waals surface area contributed by atoms with Crippen molar-refractivity contribution in [3.63, 3.8) is 0 Å². The predicted molar refractivity (Wildman–Crippen MR) is 142 cm³/mol. The second-order valence-corrected chi connectivity index (χ2v) is 13.5. The van der Waals surface area contributed by atoms with Gasteiger partial charge in [0.1, 0.15) is 18.3 Å². The number of ether oxygens (including phenoxy) is 1. The number of rotatable bonds is 13. The van der Waals surface area contributed by atoms with Gasteiger partial charge in [-0.2, -0.15) is 13.6 Å². The maximum Gasteiger partial charge on any atom is 0.490 e. The van der Waals surface area contributed by atoms with E-state index in [0.29, 0.717) is 5.69 Å². The number of aromatic nitrogens is 4. The fourth-order valence-electron chi connectivity index (χ4n) is 4.01. The number of aryl methyl sites for hydroxylation is 1. The molecule has 3 heterocycles. The smallest absolute Gasteiger partial charge is 0.387 e. The van der Waals surface area contributed by atoms with Gasteiger partial charge in [0.2, 0.25) is 5.95 Å². The Balaban J connectivity index is 1.48. The second-order valence-electron chi connectivity index (χ2n) is 9.10. The number of nitrogens with one attached hydrogen (secondary N) is 2. The molecule has 3 aromatic rings. The lowest BCUT2D eigenvalue weighted by Gasteiger charge is -2.19. The number of aromatic amines is 1. The van der Waals surface area contributed by atoms with Gasteiger partial charge in [-0.3, -0.25) is 18.9 Å². The number of nitrogens with zero attached hydrogens (tertiary/aromatic N) is 3. The van der Waals surface area contributed by atoms with Gasteiger partial charge >= 0.3 is 23.5 Å². The number of aliphatic hydroxyl groups is 2. The SMILES string of the molecule is CCCCc1ccc(Nc2nc3c(ncn3[C@@H]3O[C@H](COP(=O)(O)OP(=O)(O)OP(=O)(O)O)[C@@H](O)[C@H]3O)c(=O)[nH]2)cc1. The summed E-state index contributed by atoms with van der Waals surface area (Å²) in [5, 5.41) is 24.0. The van der Waals surface area contributed by atoms with Gasteiger partial charge in [0.05, 0.1) is 12.9 Å². The molecular formula is C20H28N5O14P3. The molecule has 0 amide bonds. The fraction of sp³-hybridized carbons (Fsp3) is 0.450. The lowest BCUT2D eigenvalue weighted by atomic mass is 10.1. The maximum atomic E-state index is 12.7. The van der Waals surface area contributed by atoms with Gasteiger partial charge in [0.15, 0.2) is 17.4 Å². The normalized spacial score (nSPS) is 24.0. The Morgan fingerprint density at radius 1 is 1.05 bits per heavy atom. The number of hydrogen-bond acceptors (Lipinski definition) is 13. The van der Waals surface area contributed by atoms with Gasteiger partial charge < -0.3 is 39.8 Å². The third kappa shape index (κ3) is 8.18. The van der Waals surface area contributed by atoms with Crippen LogP contribution in [0.15, 0.2) is 35.4 Å².